The van der Waals surface area contributed by atoms with Gasteiger partial charge in [-0.25, -0.2) is 9.18 Å². The van der Waals surface area contributed by atoms with Crippen LogP contribution in [0, 0.1) is 23.1 Å². The highest BCUT2D eigenvalue weighted by molar-refractivity contribution is 14.1. The summed E-state index contributed by atoms with van der Waals surface area (Å²) in [4.78, 5) is 36.6. The Kier molecular flexibility index (Phi) is 7.64. The fraction of sp³-hybridized carbons (Fsp3) is 0.0833. The molecule has 8 nitrogen and oxygen atoms in total. The molecule has 0 radical (unpaired) electrons. The summed E-state index contributed by atoms with van der Waals surface area (Å²) in [7, 11) is 0. The highest BCUT2D eigenvalue weighted by Gasteiger charge is 2.34. The standard InChI is InChI=1S/C24H16FI2N3O5/c25-18-7-2-1-5-16(18)12-29-23(31)21(28-24(29)32)11-15-9-19(26)22(20(27)10-15)35-13-14-4-3-6-17(8-14)30(33)34/h1-11H,12-13H2,(H,28,32)/b21-11+. The number of halogens is 3. The van der Waals surface area contributed by atoms with E-state index in [1.54, 1.807) is 36.4 Å². The highest BCUT2D eigenvalue weighted by Crippen LogP contribution is 2.31. The molecule has 35 heavy (non-hydrogen) atoms. The molecule has 1 saturated heterocycles. The number of hydrogen-bond donors (Lipinski definition) is 1. The van der Waals surface area contributed by atoms with Gasteiger partial charge < -0.3 is 10.1 Å². The number of ether oxygens (including phenoxy) is 1. The van der Waals surface area contributed by atoms with Crippen LogP contribution >= 0.6 is 45.2 Å². The minimum atomic E-state index is -0.620. The Hall–Kier alpha value is -3.07. The van der Waals surface area contributed by atoms with Crippen molar-refractivity contribution >= 4 is 68.9 Å². The number of benzene rings is 3. The second-order valence-electron chi connectivity index (χ2n) is 7.50. The molecular weight excluding hydrogens is 683 g/mol. The van der Waals surface area contributed by atoms with Crippen molar-refractivity contribution in [2.24, 2.45) is 0 Å². The molecular formula is C24H16FI2N3O5. The molecule has 1 aliphatic heterocycles. The topological polar surface area (TPSA) is 102 Å². The van der Waals surface area contributed by atoms with E-state index in [2.05, 4.69) is 50.5 Å². The van der Waals surface area contributed by atoms with Gasteiger partial charge in [-0.1, -0.05) is 30.3 Å². The minimum Gasteiger partial charge on any atom is -0.487 e. The third-order valence-electron chi connectivity index (χ3n) is 5.08. The van der Waals surface area contributed by atoms with E-state index in [-0.39, 0.29) is 30.1 Å². The Morgan fingerprint density at radius 1 is 1.06 bits per heavy atom. The van der Waals surface area contributed by atoms with Crippen LogP contribution in [0.4, 0.5) is 14.9 Å². The largest absolute Gasteiger partial charge is 0.487 e. The molecule has 4 rings (SSSR count). The Labute approximate surface area is 226 Å². The molecule has 0 bridgehead atoms. The third-order valence-corrected chi connectivity index (χ3v) is 6.69. The van der Waals surface area contributed by atoms with E-state index >= 15 is 0 Å². The summed E-state index contributed by atoms with van der Waals surface area (Å²) in [6, 6.07) is 15.2. The van der Waals surface area contributed by atoms with Crippen molar-refractivity contribution < 1.29 is 23.6 Å². The Bertz CT molecular complexity index is 1360. The zero-order valence-electron chi connectivity index (χ0n) is 17.8. The first-order valence-electron chi connectivity index (χ1n) is 10.2. The first kappa shape index (κ1) is 25.0. The summed E-state index contributed by atoms with van der Waals surface area (Å²) in [5.74, 6) is -0.438. The molecule has 3 amide bonds. The van der Waals surface area contributed by atoms with Crippen LogP contribution in [0.3, 0.4) is 0 Å². The van der Waals surface area contributed by atoms with E-state index in [1.165, 1.54) is 30.3 Å². The van der Waals surface area contributed by atoms with E-state index in [9.17, 15) is 24.1 Å². The van der Waals surface area contributed by atoms with Gasteiger partial charge in [0.05, 0.1) is 18.6 Å². The van der Waals surface area contributed by atoms with Crippen LogP contribution in [0.15, 0.2) is 66.4 Å². The summed E-state index contributed by atoms with van der Waals surface area (Å²) in [5, 5.41) is 13.5. The number of nitrogens with zero attached hydrogens (tertiary/aromatic N) is 2. The van der Waals surface area contributed by atoms with Crippen molar-refractivity contribution in [3.63, 3.8) is 0 Å². The monoisotopic (exact) mass is 699 g/mol. The van der Waals surface area contributed by atoms with Crippen molar-refractivity contribution in [2.75, 3.05) is 0 Å². The maximum absolute atomic E-state index is 14.0. The van der Waals surface area contributed by atoms with Gasteiger partial charge in [-0.2, -0.15) is 0 Å². The van der Waals surface area contributed by atoms with Gasteiger partial charge in [0, 0.05) is 17.7 Å². The van der Waals surface area contributed by atoms with E-state index in [0.29, 0.717) is 16.9 Å². The average Bonchev–Trinajstić information content (AvgIpc) is 3.07. The van der Waals surface area contributed by atoms with Crippen molar-refractivity contribution in [3.8, 4) is 5.75 Å². The predicted molar refractivity (Wildman–Crippen MR) is 143 cm³/mol. The van der Waals surface area contributed by atoms with Crippen LogP contribution in [0.2, 0.25) is 0 Å². The lowest BCUT2D eigenvalue weighted by atomic mass is 10.1. The van der Waals surface area contributed by atoms with Crippen molar-refractivity contribution in [3.05, 3.63) is 106 Å². The van der Waals surface area contributed by atoms with Crippen LogP contribution < -0.4 is 10.1 Å². The number of urea groups is 1. The first-order valence-corrected chi connectivity index (χ1v) is 12.3. The molecule has 11 heteroatoms. The normalized spacial score (nSPS) is 14.4. The first-order chi connectivity index (χ1) is 16.7. The molecule has 0 saturated carbocycles. The van der Waals surface area contributed by atoms with Crippen molar-refractivity contribution in [1.82, 2.24) is 10.2 Å². The van der Waals surface area contributed by atoms with Crippen LogP contribution in [0.5, 0.6) is 5.75 Å². The Balaban J connectivity index is 1.50. The second-order valence-corrected chi connectivity index (χ2v) is 9.82. The zero-order valence-corrected chi connectivity index (χ0v) is 22.1. The Morgan fingerprint density at radius 3 is 2.46 bits per heavy atom. The fourth-order valence-corrected chi connectivity index (χ4v) is 5.52. The Morgan fingerprint density at radius 2 is 1.77 bits per heavy atom. The molecule has 3 aromatic rings. The minimum absolute atomic E-state index is 0.00945. The van der Waals surface area contributed by atoms with Crippen LogP contribution in [0.1, 0.15) is 16.7 Å². The number of non-ortho nitro benzene ring substituents is 1. The van der Waals surface area contributed by atoms with Gasteiger partial charge in [0.25, 0.3) is 11.6 Å². The third kappa shape index (κ3) is 5.78. The van der Waals surface area contributed by atoms with Gasteiger partial charge in [-0.05, 0) is 80.6 Å². The van der Waals surface area contributed by atoms with E-state index in [0.717, 1.165) is 12.0 Å². The smallest absolute Gasteiger partial charge is 0.329 e. The summed E-state index contributed by atoms with van der Waals surface area (Å²) in [5.41, 5.74) is 1.64. The van der Waals surface area contributed by atoms with Gasteiger partial charge in [0.1, 0.15) is 23.9 Å². The van der Waals surface area contributed by atoms with Crippen molar-refractivity contribution in [1.29, 1.82) is 0 Å². The quantitative estimate of drug-likeness (QED) is 0.114. The molecule has 1 heterocycles. The number of imide groups is 1. The van der Waals surface area contributed by atoms with E-state index in [4.69, 9.17) is 4.74 Å². The van der Waals surface area contributed by atoms with E-state index in [1.807, 2.05) is 0 Å². The number of nitro benzene ring substituents is 1. The number of hydrogen-bond acceptors (Lipinski definition) is 5. The van der Waals surface area contributed by atoms with Gasteiger partial charge >= 0.3 is 6.03 Å². The summed E-state index contributed by atoms with van der Waals surface area (Å²) in [6.45, 7) is -0.0259. The molecule has 1 aliphatic rings. The van der Waals surface area contributed by atoms with Crippen LogP contribution in [-0.4, -0.2) is 21.8 Å². The lowest BCUT2D eigenvalue weighted by molar-refractivity contribution is -0.384. The van der Waals surface area contributed by atoms with Gasteiger partial charge in [0.15, 0.2) is 0 Å². The number of amides is 3. The molecule has 0 atom stereocenters. The molecule has 1 N–H and O–H groups in total. The second kappa shape index (κ2) is 10.7. The average molecular weight is 699 g/mol. The fourth-order valence-electron chi connectivity index (χ4n) is 3.39. The van der Waals surface area contributed by atoms with Gasteiger partial charge in [0.2, 0.25) is 0 Å². The zero-order chi connectivity index (χ0) is 25.1. The van der Waals surface area contributed by atoms with Gasteiger partial charge in [-0.3, -0.25) is 19.8 Å². The summed E-state index contributed by atoms with van der Waals surface area (Å²) in [6.07, 6.45) is 1.55. The summed E-state index contributed by atoms with van der Waals surface area (Å²) >= 11 is 4.20. The van der Waals surface area contributed by atoms with Crippen LogP contribution in [0.25, 0.3) is 6.08 Å². The van der Waals surface area contributed by atoms with E-state index < -0.39 is 22.7 Å². The lowest BCUT2D eigenvalue weighted by Gasteiger charge is -2.12. The van der Waals surface area contributed by atoms with Crippen molar-refractivity contribution in [2.45, 2.75) is 13.2 Å². The maximum Gasteiger partial charge on any atom is 0.329 e. The SMILES string of the molecule is O=C1N/C(=C/c2cc(I)c(OCc3cccc([N+](=O)[O-])c3)c(I)c2)C(=O)N1Cc1ccccc1F. The highest BCUT2D eigenvalue weighted by atomic mass is 127. The molecule has 178 valence electrons. The lowest BCUT2D eigenvalue weighted by Crippen LogP contribution is -2.30. The number of carbonyl (C=O) groups excluding carboxylic acids is 2. The molecule has 0 aromatic heterocycles. The molecule has 0 aliphatic carbocycles. The molecule has 1 fully saturated rings. The summed E-state index contributed by atoms with van der Waals surface area (Å²) < 4.78 is 21.4. The number of rotatable bonds is 7. The van der Waals surface area contributed by atoms with Crippen LogP contribution in [-0.2, 0) is 17.9 Å². The van der Waals surface area contributed by atoms with Gasteiger partial charge in [-0.15, -0.1) is 0 Å². The molecule has 0 unspecified atom stereocenters. The number of nitrogens with one attached hydrogen (secondary N) is 1. The predicted octanol–water partition coefficient (Wildman–Crippen LogP) is 5.62. The number of carbonyl (C=O) groups is 2. The number of nitro groups is 1. The molecule has 3 aromatic carbocycles. The molecule has 0 spiro atoms. The maximum atomic E-state index is 14.0.